The third-order valence-electron chi connectivity index (χ3n) is 3.24. The first-order valence-corrected chi connectivity index (χ1v) is 9.40. The molecule has 1 rings (SSSR count). The first-order valence-electron chi connectivity index (χ1n) is 6.76. The largest absolute Gasteiger partial charge is 0.359 e. The highest BCUT2D eigenvalue weighted by Crippen LogP contribution is 2.27. The summed E-state index contributed by atoms with van der Waals surface area (Å²) in [7, 11) is 0.628. The van der Waals surface area contributed by atoms with E-state index in [2.05, 4.69) is 5.32 Å². The van der Waals surface area contributed by atoms with E-state index in [9.17, 15) is 18.0 Å². The molecule has 0 radical (unpaired) electrons. The minimum atomic E-state index is -3.76. The molecule has 0 aliphatic rings. The Morgan fingerprint density at radius 2 is 1.96 bits per heavy atom. The van der Waals surface area contributed by atoms with Crippen LogP contribution in [-0.4, -0.2) is 63.7 Å². The molecule has 0 fully saturated rings. The van der Waals surface area contributed by atoms with Gasteiger partial charge in [0, 0.05) is 27.7 Å². The first-order chi connectivity index (χ1) is 10.6. The third-order valence-corrected chi connectivity index (χ3v) is 6.74. The number of amides is 2. The molecule has 0 aliphatic carbocycles. The molecule has 1 atom stereocenters. The highest BCUT2D eigenvalue weighted by Gasteiger charge is 2.26. The predicted molar refractivity (Wildman–Crippen MR) is 90.0 cm³/mol. The van der Waals surface area contributed by atoms with E-state index in [1.165, 1.54) is 38.2 Å². The quantitative estimate of drug-likeness (QED) is 0.759. The van der Waals surface area contributed by atoms with Gasteiger partial charge < -0.3 is 10.2 Å². The summed E-state index contributed by atoms with van der Waals surface area (Å²) in [6.07, 6.45) is 0. The van der Waals surface area contributed by atoms with Crippen LogP contribution in [0.1, 0.15) is 6.92 Å². The van der Waals surface area contributed by atoms with Crippen LogP contribution in [0.25, 0.3) is 0 Å². The maximum atomic E-state index is 12.3. The monoisotopic (exact) mass is 381 g/mol. The zero-order chi connectivity index (χ0) is 17.8. The van der Waals surface area contributed by atoms with E-state index in [1.807, 2.05) is 0 Å². The zero-order valence-corrected chi connectivity index (χ0v) is 15.8. The van der Waals surface area contributed by atoms with Crippen molar-refractivity contribution >= 4 is 44.8 Å². The van der Waals surface area contributed by atoms with Crippen molar-refractivity contribution in [1.29, 1.82) is 0 Å². The molecule has 1 aromatic rings. The fourth-order valence-electron chi connectivity index (χ4n) is 1.83. The van der Waals surface area contributed by atoms with E-state index in [0.717, 1.165) is 15.6 Å². The van der Waals surface area contributed by atoms with Crippen molar-refractivity contribution < 1.29 is 18.0 Å². The van der Waals surface area contributed by atoms with Gasteiger partial charge in [-0.25, -0.2) is 8.42 Å². The van der Waals surface area contributed by atoms with Gasteiger partial charge in [0.15, 0.2) is 0 Å². The number of carbonyl (C=O) groups is 2. The summed E-state index contributed by atoms with van der Waals surface area (Å²) in [6, 6.07) is 2.90. The van der Waals surface area contributed by atoms with Gasteiger partial charge in [0.05, 0.1) is 16.8 Å². The second-order valence-electron chi connectivity index (χ2n) is 5.11. The molecule has 0 aliphatic heterocycles. The second-order valence-corrected chi connectivity index (χ2v) is 9.10. The third kappa shape index (κ3) is 5.17. The van der Waals surface area contributed by atoms with Gasteiger partial charge in [-0.15, -0.1) is 11.3 Å². The molecule has 1 aromatic heterocycles. The maximum Gasteiger partial charge on any atom is 0.252 e. The summed E-state index contributed by atoms with van der Waals surface area (Å²) in [5.41, 5.74) is 0. The summed E-state index contributed by atoms with van der Waals surface area (Å²) < 4.78 is 26.1. The van der Waals surface area contributed by atoms with E-state index in [4.69, 9.17) is 11.6 Å². The first kappa shape index (κ1) is 19.9. The van der Waals surface area contributed by atoms with Gasteiger partial charge >= 0.3 is 0 Å². The van der Waals surface area contributed by atoms with Crippen molar-refractivity contribution in [3.05, 3.63) is 16.5 Å². The lowest BCUT2D eigenvalue weighted by Crippen LogP contribution is -2.42. The molecule has 0 saturated carbocycles. The molecule has 7 nitrogen and oxygen atoms in total. The van der Waals surface area contributed by atoms with E-state index in [1.54, 1.807) is 6.92 Å². The molecule has 0 aromatic carbocycles. The number of sulfonamides is 1. The van der Waals surface area contributed by atoms with E-state index < -0.39 is 15.9 Å². The Bertz CT molecular complexity index is 675. The number of nitrogens with zero attached hydrogens (tertiary/aromatic N) is 2. The van der Waals surface area contributed by atoms with E-state index in [0.29, 0.717) is 4.34 Å². The minimum Gasteiger partial charge on any atom is -0.359 e. The van der Waals surface area contributed by atoms with Crippen molar-refractivity contribution in [2.45, 2.75) is 11.1 Å². The molecule has 0 unspecified atom stereocenters. The van der Waals surface area contributed by atoms with Crippen LogP contribution in [0.15, 0.2) is 16.3 Å². The van der Waals surface area contributed by atoms with Crippen LogP contribution in [0.3, 0.4) is 0 Å². The number of rotatable bonds is 7. The lowest BCUT2D eigenvalue weighted by Gasteiger charge is -2.23. The lowest BCUT2D eigenvalue weighted by atomic mass is 10.1. The lowest BCUT2D eigenvalue weighted by molar-refractivity contribution is -0.132. The summed E-state index contributed by atoms with van der Waals surface area (Å²) in [6.45, 7) is 1.59. The van der Waals surface area contributed by atoms with Crippen molar-refractivity contribution in [2.24, 2.45) is 5.92 Å². The summed E-state index contributed by atoms with van der Waals surface area (Å²) >= 11 is 6.68. The van der Waals surface area contributed by atoms with Crippen LogP contribution in [0, 0.1) is 5.92 Å². The Hall–Kier alpha value is -1.16. The van der Waals surface area contributed by atoms with Gasteiger partial charge in [0.2, 0.25) is 11.8 Å². The highest BCUT2D eigenvalue weighted by molar-refractivity contribution is 7.91. The fourth-order valence-corrected chi connectivity index (χ4v) is 4.64. The van der Waals surface area contributed by atoms with Crippen LogP contribution >= 0.6 is 22.9 Å². The van der Waals surface area contributed by atoms with Gasteiger partial charge in [0.25, 0.3) is 10.0 Å². The molecule has 23 heavy (non-hydrogen) atoms. The summed E-state index contributed by atoms with van der Waals surface area (Å²) in [4.78, 5) is 25.0. The normalized spacial score (nSPS) is 13.0. The smallest absolute Gasteiger partial charge is 0.252 e. The standard InChI is InChI=1S/C13H20ClN3O4S2/c1-9(13(19)15-2)7-16(3)11(18)8-17(4)23(20,21)12-6-5-10(14)22-12/h5-6,9H,7-8H2,1-4H3,(H,15,19)/t9-/m1/s1. The number of nitrogens with one attached hydrogen (secondary N) is 1. The second kappa shape index (κ2) is 8.09. The zero-order valence-electron chi connectivity index (χ0n) is 13.4. The van der Waals surface area contributed by atoms with Gasteiger partial charge in [-0.05, 0) is 12.1 Å². The van der Waals surface area contributed by atoms with Gasteiger partial charge in [-0.2, -0.15) is 4.31 Å². The Kier molecular flexibility index (Phi) is 7.00. The van der Waals surface area contributed by atoms with Crippen molar-refractivity contribution in [3.63, 3.8) is 0 Å². The van der Waals surface area contributed by atoms with Crippen LogP contribution in [-0.2, 0) is 19.6 Å². The molecule has 0 bridgehead atoms. The molecule has 0 spiro atoms. The van der Waals surface area contributed by atoms with Gasteiger partial charge in [0.1, 0.15) is 4.21 Å². The fraction of sp³-hybridized carbons (Fsp3) is 0.538. The maximum absolute atomic E-state index is 12.3. The van der Waals surface area contributed by atoms with Crippen LogP contribution < -0.4 is 5.32 Å². The number of likely N-dealkylation sites (N-methyl/N-ethyl adjacent to an activating group) is 2. The van der Waals surface area contributed by atoms with Crippen LogP contribution in [0.5, 0.6) is 0 Å². The molecular weight excluding hydrogens is 362 g/mol. The van der Waals surface area contributed by atoms with Crippen molar-refractivity contribution in [1.82, 2.24) is 14.5 Å². The number of hydrogen-bond donors (Lipinski definition) is 1. The number of hydrogen-bond acceptors (Lipinski definition) is 5. The van der Waals surface area contributed by atoms with E-state index >= 15 is 0 Å². The van der Waals surface area contributed by atoms with Crippen molar-refractivity contribution in [2.75, 3.05) is 34.2 Å². The molecular formula is C13H20ClN3O4S2. The summed E-state index contributed by atoms with van der Waals surface area (Å²) in [5.74, 6) is -0.958. The molecule has 0 saturated heterocycles. The highest BCUT2D eigenvalue weighted by atomic mass is 35.5. The van der Waals surface area contributed by atoms with Crippen LogP contribution in [0.2, 0.25) is 4.34 Å². The average Bonchev–Trinajstić information content (AvgIpc) is 2.93. The average molecular weight is 382 g/mol. The Morgan fingerprint density at radius 1 is 1.35 bits per heavy atom. The summed E-state index contributed by atoms with van der Waals surface area (Å²) in [5, 5.41) is 2.50. The topological polar surface area (TPSA) is 86.8 Å². The Balaban J connectivity index is 2.71. The molecule has 1 heterocycles. The van der Waals surface area contributed by atoms with Crippen molar-refractivity contribution in [3.8, 4) is 0 Å². The molecule has 2 amide bonds. The van der Waals surface area contributed by atoms with Gasteiger partial charge in [-0.3, -0.25) is 9.59 Å². The minimum absolute atomic E-state index is 0.0826. The van der Waals surface area contributed by atoms with Crippen LogP contribution in [0.4, 0.5) is 0 Å². The van der Waals surface area contributed by atoms with E-state index in [-0.39, 0.29) is 29.1 Å². The molecule has 130 valence electrons. The molecule has 10 heteroatoms. The SMILES string of the molecule is CNC(=O)[C@H](C)CN(C)C(=O)CN(C)S(=O)(=O)c1ccc(Cl)s1. The molecule has 1 N–H and O–H groups in total. The number of carbonyl (C=O) groups excluding carboxylic acids is 2. The predicted octanol–water partition coefficient (Wildman–Crippen LogP) is 0.862. The number of halogens is 1. The Morgan fingerprint density at radius 3 is 2.43 bits per heavy atom. The Labute approximate surface area is 145 Å². The number of thiophene rings is 1. The van der Waals surface area contributed by atoms with Gasteiger partial charge in [-0.1, -0.05) is 18.5 Å².